The number of hydroxylamine groups is 1. The Labute approximate surface area is 106 Å². The Morgan fingerprint density at radius 3 is 2.22 bits per heavy atom. The van der Waals surface area contributed by atoms with Gasteiger partial charge in [-0.2, -0.15) is 18.7 Å². The average molecular weight is 266 g/mol. The third-order valence-corrected chi connectivity index (χ3v) is 3.69. The monoisotopic (exact) mass is 266 g/mol. The summed E-state index contributed by atoms with van der Waals surface area (Å²) in [6.45, 7) is 0.194. The molecule has 1 saturated heterocycles. The zero-order chi connectivity index (χ0) is 13.0. The van der Waals surface area contributed by atoms with Gasteiger partial charge in [-0.05, 0) is 25.7 Å². The van der Waals surface area contributed by atoms with E-state index in [4.69, 9.17) is 4.84 Å². The summed E-state index contributed by atoms with van der Waals surface area (Å²) < 4.78 is 36.6. The van der Waals surface area contributed by atoms with Crippen molar-refractivity contribution in [3.8, 4) is 0 Å². The van der Waals surface area contributed by atoms with E-state index in [0.29, 0.717) is 19.2 Å². The van der Waals surface area contributed by atoms with Crippen LogP contribution in [0.25, 0.3) is 0 Å². The maximum absolute atomic E-state index is 12.2. The highest BCUT2D eigenvalue weighted by atomic mass is 19.4. The molecule has 0 atom stereocenters. The molecule has 1 aliphatic heterocycles. The van der Waals surface area contributed by atoms with E-state index in [1.807, 2.05) is 0 Å². The molecule has 106 valence electrons. The van der Waals surface area contributed by atoms with E-state index in [1.54, 1.807) is 0 Å². The summed E-state index contributed by atoms with van der Waals surface area (Å²) in [5.41, 5.74) is 3.04. The maximum atomic E-state index is 12.2. The van der Waals surface area contributed by atoms with Crippen molar-refractivity contribution < 1.29 is 18.0 Å². The number of hydrogen-bond donors (Lipinski definition) is 1. The van der Waals surface area contributed by atoms with Gasteiger partial charge < -0.3 is 0 Å². The Bertz CT molecular complexity index is 246. The Kier molecular flexibility index (Phi) is 4.86. The molecular weight excluding hydrogens is 245 g/mol. The molecule has 0 amide bonds. The lowest BCUT2D eigenvalue weighted by Crippen LogP contribution is -2.46. The van der Waals surface area contributed by atoms with E-state index in [2.05, 4.69) is 5.48 Å². The second-order valence-electron chi connectivity index (χ2n) is 5.31. The fourth-order valence-corrected chi connectivity index (χ4v) is 2.66. The molecule has 0 aromatic heterocycles. The normalized spacial score (nSPS) is 24.8. The largest absolute Gasteiger partial charge is 0.401 e. The van der Waals surface area contributed by atoms with E-state index >= 15 is 0 Å². The van der Waals surface area contributed by atoms with Crippen molar-refractivity contribution in [3.05, 3.63) is 0 Å². The molecule has 0 unspecified atom stereocenters. The minimum atomic E-state index is -4.08. The van der Waals surface area contributed by atoms with Gasteiger partial charge in [0.15, 0.2) is 0 Å². The summed E-state index contributed by atoms with van der Waals surface area (Å²) in [6.07, 6.45) is 2.30. The smallest absolute Gasteiger partial charge is 0.298 e. The predicted molar refractivity (Wildman–Crippen MR) is 62.0 cm³/mol. The third kappa shape index (κ3) is 4.74. The molecule has 0 aromatic carbocycles. The Morgan fingerprint density at radius 1 is 1.06 bits per heavy atom. The van der Waals surface area contributed by atoms with Gasteiger partial charge in [-0.1, -0.05) is 12.8 Å². The average Bonchev–Trinajstić information content (AvgIpc) is 2.79. The first kappa shape index (κ1) is 14.1. The first-order valence-electron chi connectivity index (χ1n) is 6.73. The van der Waals surface area contributed by atoms with Crippen LogP contribution < -0.4 is 5.48 Å². The van der Waals surface area contributed by atoms with E-state index in [1.165, 1.54) is 17.7 Å². The van der Waals surface area contributed by atoms with Crippen LogP contribution in [0.3, 0.4) is 0 Å². The Balaban J connectivity index is 1.61. The third-order valence-electron chi connectivity index (χ3n) is 3.69. The van der Waals surface area contributed by atoms with E-state index in [0.717, 1.165) is 25.7 Å². The molecular formula is C12H21F3N2O. The molecule has 1 aliphatic carbocycles. The molecule has 2 aliphatic rings. The predicted octanol–water partition coefficient (Wildman–Crippen LogP) is 2.48. The van der Waals surface area contributed by atoms with E-state index in [9.17, 15) is 13.2 Å². The summed E-state index contributed by atoms with van der Waals surface area (Å²) in [5.74, 6) is 0. The van der Waals surface area contributed by atoms with Crippen LogP contribution in [0.5, 0.6) is 0 Å². The number of halogens is 3. The number of hydrogen-bond acceptors (Lipinski definition) is 3. The highest BCUT2D eigenvalue weighted by molar-refractivity contribution is 4.77. The van der Waals surface area contributed by atoms with Gasteiger partial charge in [0.2, 0.25) is 0 Å². The van der Waals surface area contributed by atoms with Gasteiger partial charge in [-0.3, -0.25) is 9.74 Å². The van der Waals surface area contributed by atoms with Crippen molar-refractivity contribution in [1.29, 1.82) is 0 Å². The highest BCUT2D eigenvalue weighted by Crippen LogP contribution is 2.22. The van der Waals surface area contributed by atoms with Crippen LogP contribution in [0.1, 0.15) is 38.5 Å². The number of rotatable bonds is 4. The summed E-state index contributed by atoms with van der Waals surface area (Å²) >= 11 is 0. The lowest BCUT2D eigenvalue weighted by molar-refractivity contribution is -0.149. The minimum absolute atomic E-state index is 0.204. The number of alkyl halides is 3. The van der Waals surface area contributed by atoms with Gasteiger partial charge in [0.05, 0.1) is 12.6 Å². The van der Waals surface area contributed by atoms with Crippen LogP contribution in [0.2, 0.25) is 0 Å². The molecule has 1 heterocycles. The van der Waals surface area contributed by atoms with Crippen LogP contribution in [-0.4, -0.2) is 42.9 Å². The molecule has 2 rings (SSSR count). The lowest BCUT2D eigenvalue weighted by atomic mass is 10.1. The molecule has 1 N–H and O–H groups in total. The highest BCUT2D eigenvalue weighted by Gasteiger charge is 2.32. The molecule has 0 radical (unpaired) electrons. The van der Waals surface area contributed by atoms with Crippen LogP contribution in [0.4, 0.5) is 13.2 Å². The van der Waals surface area contributed by atoms with Crippen molar-refractivity contribution in [2.75, 3.05) is 19.6 Å². The van der Waals surface area contributed by atoms with Gasteiger partial charge in [0, 0.05) is 19.1 Å². The summed E-state index contributed by atoms with van der Waals surface area (Å²) in [7, 11) is 0. The Morgan fingerprint density at radius 2 is 1.67 bits per heavy atom. The second-order valence-corrected chi connectivity index (χ2v) is 5.31. The fraction of sp³-hybridized carbons (Fsp3) is 1.00. The summed E-state index contributed by atoms with van der Waals surface area (Å²) in [6, 6.07) is 0.204. The molecule has 0 spiro atoms. The molecule has 0 aromatic rings. The maximum Gasteiger partial charge on any atom is 0.401 e. The minimum Gasteiger partial charge on any atom is -0.298 e. The fourth-order valence-electron chi connectivity index (χ4n) is 2.66. The van der Waals surface area contributed by atoms with Crippen molar-refractivity contribution >= 4 is 0 Å². The van der Waals surface area contributed by atoms with E-state index in [-0.39, 0.29) is 6.04 Å². The lowest BCUT2D eigenvalue weighted by Gasteiger charge is -2.32. The van der Waals surface area contributed by atoms with Crippen molar-refractivity contribution in [2.24, 2.45) is 0 Å². The van der Waals surface area contributed by atoms with Crippen molar-refractivity contribution in [1.82, 2.24) is 10.4 Å². The van der Waals surface area contributed by atoms with Crippen LogP contribution in [-0.2, 0) is 4.84 Å². The van der Waals surface area contributed by atoms with Crippen molar-refractivity contribution in [2.45, 2.75) is 56.8 Å². The first-order valence-corrected chi connectivity index (χ1v) is 6.73. The topological polar surface area (TPSA) is 24.5 Å². The molecule has 2 fully saturated rings. The standard InChI is InChI=1S/C12H21F3N2O/c13-12(14,15)9-17-7-5-10(6-8-17)16-18-11-3-1-2-4-11/h10-11,16H,1-9H2. The first-order chi connectivity index (χ1) is 8.53. The number of likely N-dealkylation sites (tertiary alicyclic amines) is 1. The van der Waals surface area contributed by atoms with Gasteiger partial charge in [-0.25, -0.2) is 0 Å². The van der Waals surface area contributed by atoms with Gasteiger partial charge in [0.25, 0.3) is 0 Å². The second kappa shape index (κ2) is 6.21. The number of piperidine rings is 1. The van der Waals surface area contributed by atoms with E-state index < -0.39 is 12.7 Å². The van der Waals surface area contributed by atoms with Crippen LogP contribution in [0.15, 0.2) is 0 Å². The van der Waals surface area contributed by atoms with Gasteiger partial charge in [-0.15, -0.1) is 0 Å². The molecule has 1 saturated carbocycles. The SMILES string of the molecule is FC(F)(F)CN1CCC(NOC2CCCC2)CC1. The molecule has 18 heavy (non-hydrogen) atoms. The molecule has 0 bridgehead atoms. The Hall–Kier alpha value is -0.330. The van der Waals surface area contributed by atoms with Gasteiger partial charge >= 0.3 is 6.18 Å². The summed E-state index contributed by atoms with van der Waals surface area (Å²) in [4.78, 5) is 7.05. The molecule has 6 heteroatoms. The number of nitrogens with zero attached hydrogens (tertiary/aromatic N) is 1. The molecule has 3 nitrogen and oxygen atoms in total. The van der Waals surface area contributed by atoms with Crippen LogP contribution >= 0.6 is 0 Å². The van der Waals surface area contributed by atoms with Crippen LogP contribution in [0, 0.1) is 0 Å². The number of nitrogens with one attached hydrogen (secondary N) is 1. The van der Waals surface area contributed by atoms with Gasteiger partial charge in [0.1, 0.15) is 0 Å². The van der Waals surface area contributed by atoms with Crippen molar-refractivity contribution in [3.63, 3.8) is 0 Å². The zero-order valence-corrected chi connectivity index (χ0v) is 10.5. The zero-order valence-electron chi connectivity index (χ0n) is 10.5. The summed E-state index contributed by atoms with van der Waals surface area (Å²) in [5, 5.41) is 0. The quantitative estimate of drug-likeness (QED) is 0.791.